The van der Waals surface area contributed by atoms with Crippen molar-refractivity contribution >= 4 is 39.2 Å². The molecule has 0 amide bonds. The summed E-state index contributed by atoms with van der Waals surface area (Å²) in [5, 5.41) is 19.0. The van der Waals surface area contributed by atoms with E-state index in [0.29, 0.717) is 21.2 Å². The summed E-state index contributed by atoms with van der Waals surface area (Å²) in [6.07, 6.45) is 11.5. The Labute approximate surface area is 275 Å². The molecule has 0 saturated heterocycles. The van der Waals surface area contributed by atoms with Gasteiger partial charge >= 0.3 is 5.63 Å². The SMILES string of the molecule is CCCCCCc1cc2cc(-c3cnc(N4N=C5/C(=C/c6ccc(F)cc6)CCC[C@@H]5[C@H]4c4ccc(F)cc4)s3)c(=O)oc2cc1O. The number of aryl methyl sites for hydroxylation is 1. The molecule has 0 unspecified atom stereocenters. The molecule has 5 aromatic rings. The van der Waals surface area contributed by atoms with E-state index in [1.165, 1.54) is 41.7 Å². The summed E-state index contributed by atoms with van der Waals surface area (Å²) in [6.45, 7) is 2.17. The summed E-state index contributed by atoms with van der Waals surface area (Å²) in [5.74, 6) is -0.408. The lowest BCUT2D eigenvalue weighted by Gasteiger charge is -2.29. The Kier molecular flexibility index (Phi) is 8.73. The number of hydrogen-bond donors (Lipinski definition) is 1. The molecule has 1 saturated carbocycles. The standard InChI is InChI=1S/C38H35F2N3O3S/c1-2-3-4-5-7-25-19-27-20-31(37(45)46-33(27)21-32(25)44)34-22-41-38(47-34)43-36(24-12-16-29(40)17-13-24)30-9-6-8-26(35(30)42-43)18-23-10-14-28(39)15-11-23/h10-22,30,36,44H,2-9H2,1H3/b26-18+/t30-,36+/m0/s1. The molecule has 2 aromatic heterocycles. The second kappa shape index (κ2) is 13.2. The van der Waals surface area contributed by atoms with Gasteiger partial charge in [-0.05, 0) is 96.8 Å². The van der Waals surface area contributed by atoms with Crippen molar-refractivity contribution in [3.63, 3.8) is 0 Å². The lowest BCUT2D eigenvalue weighted by Crippen LogP contribution is -2.28. The van der Waals surface area contributed by atoms with Crippen LogP contribution < -0.4 is 10.6 Å². The second-order valence-corrected chi connectivity index (χ2v) is 13.3. The van der Waals surface area contributed by atoms with Crippen LogP contribution in [0.1, 0.15) is 74.6 Å². The molecule has 2 atom stereocenters. The molecule has 0 spiro atoms. The van der Waals surface area contributed by atoms with Gasteiger partial charge in [0, 0.05) is 23.6 Å². The highest BCUT2D eigenvalue weighted by molar-refractivity contribution is 7.18. The first-order valence-electron chi connectivity index (χ1n) is 16.2. The first kappa shape index (κ1) is 31.0. The zero-order chi connectivity index (χ0) is 32.5. The van der Waals surface area contributed by atoms with E-state index >= 15 is 0 Å². The van der Waals surface area contributed by atoms with Crippen molar-refractivity contribution in [3.8, 4) is 16.2 Å². The van der Waals surface area contributed by atoms with Crippen LogP contribution >= 0.6 is 11.3 Å². The van der Waals surface area contributed by atoms with Crippen LogP contribution in [0.2, 0.25) is 0 Å². The highest BCUT2D eigenvalue weighted by Crippen LogP contribution is 2.47. The van der Waals surface area contributed by atoms with Crippen LogP contribution in [0.4, 0.5) is 13.9 Å². The van der Waals surface area contributed by atoms with Gasteiger partial charge in [-0.25, -0.2) is 23.6 Å². The maximum atomic E-state index is 14.0. The molecule has 2 aliphatic rings. The molecule has 1 fully saturated rings. The molecule has 6 nitrogen and oxygen atoms in total. The third kappa shape index (κ3) is 6.37. The normalized spacial score (nSPS) is 18.6. The zero-order valence-electron chi connectivity index (χ0n) is 26.1. The number of aromatic hydroxyl groups is 1. The summed E-state index contributed by atoms with van der Waals surface area (Å²) in [7, 11) is 0. The van der Waals surface area contributed by atoms with Crippen LogP contribution in [0.5, 0.6) is 5.75 Å². The topological polar surface area (TPSA) is 78.9 Å². The highest BCUT2D eigenvalue weighted by atomic mass is 32.1. The molecule has 1 aliphatic heterocycles. The zero-order valence-corrected chi connectivity index (χ0v) is 26.9. The fraction of sp³-hybridized carbons (Fsp3) is 0.289. The Morgan fingerprint density at radius 1 is 1.02 bits per heavy atom. The van der Waals surface area contributed by atoms with E-state index in [2.05, 4.69) is 13.0 Å². The van der Waals surface area contributed by atoms with Gasteiger partial charge in [0.15, 0.2) is 0 Å². The van der Waals surface area contributed by atoms with E-state index in [0.717, 1.165) is 84.7 Å². The fourth-order valence-electron chi connectivity index (χ4n) is 6.72. The van der Waals surface area contributed by atoms with Crippen molar-refractivity contribution in [2.75, 3.05) is 5.01 Å². The first-order chi connectivity index (χ1) is 22.9. The van der Waals surface area contributed by atoms with E-state index in [4.69, 9.17) is 14.5 Å². The van der Waals surface area contributed by atoms with E-state index in [1.54, 1.807) is 30.5 Å². The molecule has 0 bridgehead atoms. The van der Waals surface area contributed by atoms with Crippen molar-refractivity contribution < 1.29 is 18.3 Å². The molecule has 240 valence electrons. The monoisotopic (exact) mass is 651 g/mol. The second-order valence-electron chi connectivity index (χ2n) is 12.3. The Balaban J connectivity index is 1.25. The van der Waals surface area contributed by atoms with Crippen molar-refractivity contribution in [2.45, 2.75) is 64.3 Å². The first-order valence-corrected chi connectivity index (χ1v) is 17.0. The van der Waals surface area contributed by atoms with Crippen LogP contribution in [0, 0.1) is 17.6 Å². The van der Waals surface area contributed by atoms with Gasteiger partial charge in [-0.15, -0.1) is 0 Å². The highest BCUT2D eigenvalue weighted by Gasteiger charge is 2.43. The minimum atomic E-state index is -0.510. The number of benzene rings is 3. The Morgan fingerprint density at radius 3 is 2.55 bits per heavy atom. The van der Waals surface area contributed by atoms with Crippen molar-refractivity contribution in [2.24, 2.45) is 11.0 Å². The van der Waals surface area contributed by atoms with Gasteiger partial charge in [0.1, 0.15) is 23.0 Å². The number of hydrazone groups is 1. The average molecular weight is 652 g/mol. The van der Waals surface area contributed by atoms with E-state index in [-0.39, 0.29) is 29.3 Å². The number of nitrogens with zero attached hydrogens (tertiary/aromatic N) is 3. The minimum absolute atomic E-state index is 0.0439. The molecule has 1 N–H and O–H groups in total. The van der Waals surface area contributed by atoms with E-state index in [9.17, 15) is 18.7 Å². The van der Waals surface area contributed by atoms with Crippen LogP contribution in [0.25, 0.3) is 27.5 Å². The number of unbranched alkanes of at least 4 members (excludes halogenated alkanes) is 3. The van der Waals surface area contributed by atoms with Gasteiger partial charge in [0.05, 0.1) is 22.2 Å². The third-order valence-corrected chi connectivity index (χ3v) is 10.1. The van der Waals surface area contributed by atoms with Gasteiger partial charge in [0.2, 0.25) is 5.13 Å². The lowest BCUT2D eigenvalue weighted by molar-refractivity contribution is 0.464. The number of fused-ring (bicyclic) bond motifs is 2. The summed E-state index contributed by atoms with van der Waals surface area (Å²) in [5.41, 5.74) is 4.91. The molecule has 9 heteroatoms. The molecule has 3 heterocycles. The van der Waals surface area contributed by atoms with Gasteiger partial charge in [0.25, 0.3) is 0 Å². The number of phenols is 1. The van der Waals surface area contributed by atoms with Gasteiger partial charge in [-0.3, -0.25) is 0 Å². The molecular formula is C38H35F2N3O3S. The maximum Gasteiger partial charge on any atom is 0.345 e. The van der Waals surface area contributed by atoms with Crippen molar-refractivity contribution in [3.05, 3.63) is 117 Å². The van der Waals surface area contributed by atoms with E-state index < -0.39 is 5.63 Å². The fourth-order valence-corrected chi connectivity index (χ4v) is 7.63. The molecule has 47 heavy (non-hydrogen) atoms. The lowest BCUT2D eigenvalue weighted by atomic mass is 9.77. The number of rotatable bonds is 9. The summed E-state index contributed by atoms with van der Waals surface area (Å²) < 4.78 is 33.3. The van der Waals surface area contributed by atoms with E-state index in [1.807, 2.05) is 17.1 Å². The van der Waals surface area contributed by atoms with Crippen LogP contribution in [-0.4, -0.2) is 15.8 Å². The number of aromatic nitrogens is 1. The van der Waals surface area contributed by atoms with Gasteiger partial charge in [-0.1, -0.05) is 61.8 Å². The Hall–Kier alpha value is -4.63. The van der Waals surface area contributed by atoms with Crippen LogP contribution in [0.3, 0.4) is 0 Å². The number of allylic oxidation sites excluding steroid dienone is 1. The van der Waals surface area contributed by atoms with Crippen molar-refractivity contribution in [1.29, 1.82) is 0 Å². The Bertz CT molecular complexity index is 2030. The smallest absolute Gasteiger partial charge is 0.345 e. The predicted octanol–water partition coefficient (Wildman–Crippen LogP) is 9.82. The number of thiazole rings is 1. The number of hydrogen-bond acceptors (Lipinski definition) is 7. The summed E-state index contributed by atoms with van der Waals surface area (Å²) >= 11 is 1.35. The Morgan fingerprint density at radius 2 is 1.79 bits per heavy atom. The van der Waals surface area contributed by atoms with Crippen molar-refractivity contribution in [1.82, 2.24) is 4.98 Å². The van der Waals surface area contributed by atoms with Gasteiger partial charge < -0.3 is 9.52 Å². The van der Waals surface area contributed by atoms with Gasteiger partial charge in [-0.2, -0.15) is 5.10 Å². The number of anilines is 1. The third-order valence-electron chi connectivity index (χ3n) is 9.11. The number of halogens is 2. The largest absolute Gasteiger partial charge is 0.508 e. The summed E-state index contributed by atoms with van der Waals surface area (Å²) in [6, 6.07) is 18.0. The number of phenolic OH excluding ortho intramolecular Hbond substituents is 1. The minimum Gasteiger partial charge on any atom is -0.508 e. The van der Waals surface area contributed by atoms with Crippen LogP contribution in [-0.2, 0) is 6.42 Å². The molecule has 7 rings (SSSR count). The average Bonchev–Trinajstić information content (AvgIpc) is 3.71. The molecule has 1 aliphatic carbocycles. The maximum absolute atomic E-state index is 14.0. The molecular weight excluding hydrogens is 616 g/mol. The quantitative estimate of drug-likeness (QED) is 0.127. The molecule has 0 radical (unpaired) electrons. The predicted molar refractivity (Wildman–Crippen MR) is 184 cm³/mol. The van der Waals surface area contributed by atoms with Crippen LogP contribution in [0.15, 0.2) is 92.8 Å². The molecule has 3 aromatic carbocycles. The summed E-state index contributed by atoms with van der Waals surface area (Å²) in [4.78, 5) is 18.6.